The van der Waals surface area contributed by atoms with Gasteiger partial charge in [-0.25, -0.2) is 4.79 Å². The first kappa shape index (κ1) is 24.4. The Hall–Kier alpha value is -2.90. The Morgan fingerprint density at radius 3 is 2.48 bits per heavy atom. The summed E-state index contributed by atoms with van der Waals surface area (Å²) in [4.78, 5) is 19.1. The number of hydrogen-bond donors (Lipinski definition) is 0. The fraction of sp³-hybridized carbons (Fsp3) is 0.333. The maximum Gasteiger partial charge on any atom is 0.333 e. The van der Waals surface area contributed by atoms with Crippen LogP contribution in [0.3, 0.4) is 0 Å². The summed E-state index contributed by atoms with van der Waals surface area (Å²) in [6, 6.07) is 14.0. The van der Waals surface area contributed by atoms with Gasteiger partial charge in [-0.15, -0.1) is 11.3 Å². The molecule has 0 amide bonds. The zero-order valence-corrected chi connectivity index (χ0v) is 19.3. The first-order valence-corrected chi connectivity index (χ1v) is 10.6. The fourth-order valence-corrected chi connectivity index (χ4v) is 3.67. The molecule has 0 bridgehead atoms. The van der Waals surface area contributed by atoms with Crippen LogP contribution in [0.25, 0.3) is 6.08 Å². The van der Waals surface area contributed by atoms with Crippen molar-refractivity contribution in [2.45, 2.75) is 26.6 Å². The molecule has 2 aromatic rings. The summed E-state index contributed by atoms with van der Waals surface area (Å²) in [7, 11) is 4.48. The monoisotopic (exact) mass is 443 g/mol. The molecular weight excluding hydrogens is 414 g/mol. The zero-order valence-electron chi connectivity index (χ0n) is 18.5. The third kappa shape index (κ3) is 7.70. The van der Waals surface area contributed by atoms with Crippen LogP contribution in [0.5, 0.6) is 0 Å². The van der Waals surface area contributed by atoms with Crippen molar-refractivity contribution in [3.05, 3.63) is 75.7 Å². The Labute approximate surface area is 187 Å². The molecule has 166 valence electrons. The van der Waals surface area contributed by atoms with Crippen molar-refractivity contribution in [2.75, 3.05) is 21.3 Å². The molecular formula is C24H29NO5S. The van der Waals surface area contributed by atoms with Crippen molar-refractivity contribution in [3.8, 4) is 0 Å². The van der Waals surface area contributed by atoms with Gasteiger partial charge in [-0.05, 0) is 30.7 Å². The molecule has 0 aliphatic rings. The molecule has 2 atom stereocenters. The number of ether oxygens (including phenoxy) is 3. The SMILES string of the molecule is COC(=O)/C=C(/OC)[C@H](C)[C@H](/C=C/c1ccc(/C(C)=N\OCc2ccccc2)s1)OC. The van der Waals surface area contributed by atoms with E-state index in [1.807, 2.05) is 68.5 Å². The van der Waals surface area contributed by atoms with E-state index in [1.54, 1.807) is 18.4 Å². The lowest BCUT2D eigenvalue weighted by Crippen LogP contribution is -2.21. The summed E-state index contributed by atoms with van der Waals surface area (Å²) in [5.74, 6) is -0.136. The highest BCUT2D eigenvalue weighted by Crippen LogP contribution is 2.23. The zero-order chi connectivity index (χ0) is 22.6. The maximum absolute atomic E-state index is 11.5. The minimum Gasteiger partial charge on any atom is -0.500 e. The molecule has 0 radical (unpaired) electrons. The average molecular weight is 444 g/mol. The third-order valence-electron chi connectivity index (χ3n) is 4.62. The number of benzene rings is 1. The van der Waals surface area contributed by atoms with E-state index in [0.29, 0.717) is 12.4 Å². The van der Waals surface area contributed by atoms with Gasteiger partial charge in [-0.2, -0.15) is 0 Å². The van der Waals surface area contributed by atoms with Crippen LogP contribution < -0.4 is 0 Å². The van der Waals surface area contributed by atoms with Gasteiger partial charge in [0.05, 0.1) is 37.0 Å². The van der Waals surface area contributed by atoms with Crippen molar-refractivity contribution in [1.82, 2.24) is 0 Å². The van der Waals surface area contributed by atoms with Gasteiger partial charge < -0.3 is 19.0 Å². The minimum atomic E-state index is -0.463. The number of hydrogen-bond acceptors (Lipinski definition) is 7. The standard InChI is InChI=1S/C24H29NO5S/c1-17(22(28-4)15-24(26)29-5)21(27-3)13-11-20-12-14-23(31-20)18(2)25-30-16-19-9-7-6-8-10-19/h6-15,17,21H,16H2,1-5H3/b13-11+,22-15+,25-18-/t17-,21+/m1/s1. The van der Waals surface area contributed by atoms with Gasteiger partial charge >= 0.3 is 5.97 Å². The normalized spacial score (nSPS) is 14.4. The molecule has 0 spiro atoms. The molecule has 0 saturated heterocycles. The van der Waals surface area contributed by atoms with Crippen molar-refractivity contribution < 1.29 is 23.8 Å². The molecule has 1 aromatic heterocycles. The number of thiophene rings is 1. The number of oxime groups is 1. The Morgan fingerprint density at radius 2 is 1.84 bits per heavy atom. The predicted octanol–water partition coefficient (Wildman–Crippen LogP) is 5.06. The molecule has 1 heterocycles. The molecule has 0 saturated carbocycles. The van der Waals surface area contributed by atoms with Gasteiger partial charge in [0, 0.05) is 17.9 Å². The highest BCUT2D eigenvalue weighted by molar-refractivity contribution is 7.15. The lowest BCUT2D eigenvalue weighted by Gasteiger charge is -2.21. The highest BCUT2D eigenvalue weighted by atomic mass is 32.1. The second-order valence-electron chi connectivity index (χ2n) is 6.76. The predicted molar refractivity (Wildman–Crippen MR) is 124 cm³/mol. The first-order chi connectivity index (χ1) is 15.0. The van der Waals surface area contributed by atoms with E-state index in [2.05, 4.69) is 9.89 Å². The van der Waals surface area contributed by atoms with Crippen LogP contribution in [0.2, 0.25) is 0 Å². The number of rotatable bonds is 11. The van der Waals surface area contributed by atoms with Gasteiger partial charge in [0.15, 0.2) is 0 Å². The van der Waals surface area contributed by atoms with Gasteiger partial charge in [-0.3, -0.25) is 0 Å². The van der Waals surface area contributed by atoms with E-state index < -0.39 is 5.97 Å². The lowest BCUT2D eigenvalue weighted by atomic mass is 10.0. The second-order valence-corrected chi connectivity index (χ2v) is 7.88. The van der Waals surface area contributed by atoms with Gasteiger partial charge in [0.25, 0.3) is 0 Å². The Balaban J connectivity index is 2.01. The summed E-state index contributed by atoms with van der Waals surface area (Å²) in [5.41, 5.74) is 1.89. The average Bonchev–Trinajstić information content (AvgIpc) is 3.27. The maximum atomic E-state index is 11.5. The lowest BCUT2D eigenvalue weighted by molar-refractivity contribution is -0.135. The number of esters is 1. The molecule has 0 N–H and O–H groups in total. The van der Waals surface area contributed by atoms with Crippen molar-refractivity contribution in [1.29, 1.82) is 0 Å². The van der Waals surface area contributed by atoms with E-state index >= 15 is 0 Å². The van der Waals surface area contributed by atoms with Crippen LogP contribution in [0.4, 0.5) is 0 Å². The van der Waals surface area contributed by atoms with Gasteiger partial charge in [0.1, 0.15) is 12.4 Å². The number of carbonyl (C=O) groups excluding carboxylic acids is 1. The summed E-state index contributed by atoms with van der Waals surface area (Å²) >= 11 is 1.61. The molecule has 7 heteroatoms. The van der Waals surface area contributed by atoms with Crippen molar-refractivity contribution in [3.63, 3.8) is 0 Å². The molecule has 0 aliphatic heterocycles. The number of methoxy groups -OCH3 is 3. The molecule has 31 heavy (non-hydrogen) atoms. The highest BCUT2D eigenvalue weighted by Gasteiger charge is 2.20. The third-order valence-corrected chi connectivity index (χ3v) is 5.78. The number of nitrogens with zero attached hydrogens (tertiary/aromatic N) is 1. The summed E-state index contributed by atoms with van der Waals surface area (Å²) < 4.78 is 15.6. The molecule has 6 nitrogen and oxygen atoms in total. The molecule has 0 aliphatic carbocycles. The molecule has 1 aromatic carbocycles. The fourth-order valence-electron chi connectivity index (χ4n) is 2.81. The molecule has 0 fully saturated rings. The van der Waals surface area contributed by atoms with Gasteiger partial charge in [-0.1, -0.05) is 48.5 Å². The van der Waals surface area contributed by atoms with Crippen LogP contribution >= 0.6 is 11.3 Å². The number of carbonyl (C=O) groups is 1. The van der Waals surface area contributed by atoms with Crippen LogP contribution in [0, 0.1) is 5.92 Å². The Morgan fingerprint density at radius 1 is 1.10 bits per heavy atom. The Kier molecular flexibility index (Phi) is 10.00. The van der Waals surface area contributed by atoms with Crippen LogP contribution in [-0.4, -0.2) is 39.1 Å². The van der Waals surface area contributed by atoms with Crippen molar-refractivity contribution in [2.24, 2.45) is 11.1 Å². The first-order valence-electron chi connectivity index (χ1n) is 9.83. The smallest absolute Gasteiger partial charge is 0.333 e. The van der Waals surface area contributed by atoms with E-state index in [9.17, 15) is 4.79 Å². The van der Waals surface area contributed by atoms with E-state index in [1.165, 1.54) is 20.3 Å². The van der Waals surface area contributed by atoms with E-state index in [-0.39, 0.29) is 12.0 Å². The summed E-state index contributed by atoms with van der Waals surface area (Å²) in [5, 5.41) is 4.22. The quantitative estimate of drug-likeness (QED) is 0.160. The topological polar surface area (TPSA) is 66.4 Å². The molecule has 2 rings (SSSR count). The van der Waals surface area contributed by atoms with Crippen LogP contribution in [-0.2, 0) is 30.4 Å². The second kappa shape index (κ2) is 12.7. The van der Waals surface area contributed by atoms with Crippen LogP contribution in [0.1, 0.15) is 29.2 Å². The van der Waals surface area contributed by atoms with Gasteiger partial charge in [0.2, 0.25) is 0 Å². The van der Waals surface area contributed by atoms with Crippen molar-refractivity contribution >= 4 is 29.1 Å². The molecule has 0 unspecified atom stereocenters. The summed E-state index contributed by atoms with van der Waals surface area (Å²) in [6.45, 7) is 4.29. The van der Waals surface area contributed by atoms with Crippen LogP contribution in [0.15, 0.2) is 65.5 Å². The summed E-state index contributed by atoms with van der Waals surface area (Å²) in [6.07, 6.45) is 5.00. The Bertz CT molecular complexity index is 917. The minimum absolute atomic E-state index is 0.167. The van der Waals surface area contributed by atoms with E-state index in [4.69, 9.17) is 14.3 Å². The largest absolute Gasteiger partial charge is 0.500 e. The van der Waals surface area contributed by atoms with E-state index in [0.717, 1.165) is 21.0 Å².